The van der Waals surface area contributed by atoms with E-state index in [1.807, 2.05) is 189 Å². The van der Waals surface area contributed by atoms with Crippen molar-refractivity contribution in [3.63, 3.8) is 0 Å². The van der Waals surface area contributed by atoms with Gasteiger partial charge < -0.3 is 4.42 Å². The molecule has 0 saturated heterocycles. The summed E-state index contributed by atoms with van der Waals surface area (Å²) in [5, 5.41) is 4.94. The van der Waals surface area contributed by atoms with Gasteiger partial charge in [0.1, 0.15) is 36.0 Å². The van der Waals surface area contributed by atoms with Gasteiger partial charge in [0.25, 0.3) is 0 Å². The van der Waals surface area contributed by atoms with Crippen LogP contribution in [0.15, 0.2) is 443 Å². The molecule has 0 aliphatic heterocycles. The first kappa shape index (κ1) is 82.1. The van der Waals surface area contributed by atoms with Gasteiger partial charge >= 0.3 is 6.18 Å². The van der Waals surface area contributed by atoms with Gasteiger partial charge in [0.2, 0.25) is 0 Å². The van der Waals surface area contributed by atoms with Crippen LogP contribution in [0.4, 0.5) is 13.2 Å². The van der Waals surface area contributed by atoms with Crippen molar-refractivity contribution in [2.24, 2.45) is 25.0 Å². The number of aryl methyl sites for hydroxylation is 3. The zero-order chi connectivity index (χ0) is 82.1. The lowest BCUT2D eigenvalue weighted by molar-refractivity contribution is -0.137. The Morgan fingerprint density at radius 1 is 0.261 bits per heavy atom. The maximum absolute atomic E-state index is 13.2. The predicted octanol–water partition coefficient (Wildman–Crippen LogP) is 25.3. The Morgan fingerprint density at radius 2 is 0.597 bits per heavy atom. The smallest absolute Gasteiger partial charge is 0.416 e. The van der Waals surface area contributed by atoms with Gasteiger partial charge in [0, 0.05) is 62.1 Å². The SMILES string of the molecule is C(=NC(c1ccccc1)c1ccc2ccccc2c1)c1ccccn1.C(=NC(c1ccccc1)c1cccc2ccccc12)c1ccccn1.C(=NC(c1ccccc1)c1ccco1)c1ccccn1.Cc1cc(C(N=Cc2ccccn2)c2ccccc2)cc(C(F)(F)F)c1.Cc1cc(C)cc(C(N=Cc2ccccn2)c2ccccc2)c1. The van der Waals surface area contributed by atoms with Crippen molar-refractivity contribution in [2.75, 3.05) is 0 Å². The molecule has 0 amide bonds. The number of benzene rings is 11. The molecular formula is C105H87F3N10O. The highest BCUT2D eigenvalue weighted by Gasteiger charge is 2.32. The summed E-state index contributed by atoms with van der Waals surface area (Å²) < 4.78 is 45.2. The van der Waals surface area contributed by atoms with Crippen LogP contribution < -0.4 is 0 Å². The fourth-order valence-corrected chi connectivity index (χ4v) is 13.6. The van der Waals surface area contributed by atoms with Gasteiger partial charge in [-0.3, -0.25) is 49.9 Å². The molecule has 6 heterocycles. The summed E-state index contributed by atoms with van der Waals surface area (Å²) in [6.45, 7) is 5.91. The Hall–Kier alpha value is -14.9. The van der Waals surface area contributed by atoms with Crippen LogP contribution in [0.3, 0.4) is 0 Å². The molecular weight excluding hydrogens is 1470 g/mol. The zero-order valence-corrected chi connectivity index (χ0v) is 66.0. The third-order valence-electron chi connectivity index (χ3n) is 19.1. The summed E-state index contributed by atoms with van der Waals surface area (Å²) >= 11 is 0. The van der Waals surface area contributed by atoms with Crippen molar-refractivity contribution in [1.29, 1.82) is 0 Å². The summed E-state index contributed by atoms with van der Waals surface area (Å²) in [5.74, 6) is 0.823. The topological polar surface area (TPSA) is 139 Å². The fourth-order valence-electron chi connectivity index (χ4n) is 13.6. The van der Waals surface area contributed by atoms with Crippen LogP contribution in [0.5, 0.6) is 0 Å². The van der Waals surface area contributed by atoms with E-state index < -0.39 is 17.8 Å². The Balaban J connectivity index is 0.000000129. The normalized spacial score (nSPS) is 12.6. The first-order valence-electron chi connectivity index (χ1n) is 39.1. The Morgan fingerprint density at radius 3 is 1.00 bits per heavy atom. The zero-order valence-electron chi connectivity index (χ0n) is 66.0. The summed E-state index contributed by atoms with van der Waals surface area (Å²) in [4.78, 5) is 45.2. The lowest BCUT2D eigenvalue weighted by atomic mass is 9.94. The predicted molar refractivity (Wildman–Crippen MR) is 479 cm³/mol. The maximum atomic E-state index is 13.2. The molecule has 17 aromatic rings. The van der Waals surface area contributed by atoms with Crippen LogP contribution >= 0.6 is 0 Å². The van der Waals surface area contributed by atoms with Crippen LogP contribution in [0.25, 0.3) is 21.5 Å². The number of nitrogens with zero attached hydrogens (tertiary/aromatic N) is 10. The highest BCUT2D eigenvalue weighted by atomic mass is 19.4. The van der Waals surface area contributed by atoms with E-state index in [0.717, 1.165) is 45.7 Å². The average Bonchev–Trinajstić information content (AvgIpc) is 1.64. The molecule has 0 fully saturated rings. The van der Waals surface area contributed by atoms with Crippen LogP contribution in [0.1, 0.15) is 137 Å². The van der Waals surface area contributed by atoms with Crippen LogP contribution in [-0.4, -0.2) is 56.0 Å². The third-order valence-corrected chi connectivity index (χ3v) is 19.1. The minimum Gasteiger partial charge on any atom is -0.467 e. The molecule has 6 aromatic heterocycles. The van der Waals surface area contributed by atoms with E-state index in [0.29, 0.717) is 16.8 Å². The van der Waals surface area contributed by atoms with Crippen molar-refractivity contribution in [1.82, 2.24) is 24.9 Å². The molecule has 0 aliphatic carbocycles. The van der Waals surface area contributed by atoms with E-state index in [4.69, 9.17) is 19.4 Å². The molecule has 119 heavy (non-hydrogen) atoms. The van der Waals surface area contributed by atoms with Gasteiger partial charge in [-0.15, -0.1) is 0 Å². The van der Waals surface area contributed by atoms with Crippen LogP contribution in [-0.2, 0) is 6.18 Å². The molecule has 0 N–H and O–H groups in total. The number of halogens is 3. The Bertz CT molecular complexity index is 6040. The molecule has 584 valence electrons. The Kier molecular flexibility index (Phi) is 29.3. The number of hydrogen-bond acceptors (Lipinski definition) is 11. The summed E-state index contributed by atoms with van der Waals surface area (Å²) in [5.41, 5.74) is 16.0. The Labute approximate surface area is 693 Å². The number of rotatable bonds is 20. The van der Waals surface area contributed by atoms with Gasteiger partial charge in [-0.1, -0.05) is 302 Å². The molecule has 0 saturated carbocycles. The van der Waals surface area contributed by atoms with E-state index in [1.54, 1.807) is 74.8 Å². The summed E-state index contributed by atoms with van der Waals surface area (Å²) in [6, 6.07) is 123. The van der Waals surface area contributed by atoms with E-state index in [-0.39, 0.29) is 24.2 Å². The molecule has 11 nitrogen and oxygen atoms in total. The van der Waals surface area contributed by atoms with Crippen molar-refractivity contribution >= 4 is 52.6 Å². The number of hydrogen-bond donors (Lipinski definition) is 0. The summed E-state index contributed by atoms with van der Waals surface area (Å²) in [7, 11) is 0. The molecule has 11 aromatic carbocycles. The van der Waals surface area contributed by atoms with Gasteiger partial charge in [-0.2, -0.15) is 13.2 Å². The van der Waals surface area contributed by atoms with Crippen molar-refractivity contribution in [2.45, 2.75) is 57.2 Å². The van der Waals surface area contributed by atoms with Crippen molar-refractivity contribution in [3.05, 3.63) is 520 Å². The lowest BCUT2D eigenvalue weighted by Gasteiger charge is -2.17. The standard InChI is InChI=1S/2C23H18N2.C21H17F3N2.C21H20N2.C17H14N2O/c1-2-10-19(11-3-1)23(25-17-20-13-6-7-16-24-20)22-15-8-12-18-9-4-5-14-21(18)22;1-2-9-19(10-3-1)23(25-17-22-12-6-7-15-24-22)21-14-13-18-8-4-5-11-20(18)16-21;1-15-11-17(13-18(12-15)21(22,23)24)20(16-7-3-2-4-8-16)26-14-19-9-5-6-10-25-19;1-16-12-17(2)14-19(13-16)21(18-8-4-3-5-9-18)23-15-20-10-6-7-11-22-20;1-2-7-14(8-3-1)17(16-10-6-12-20-16)19-13-15-9-4-5-11-18-15/h2*1-17,23H;2-14,20H,1H3;3-15,21H,1-2H3;1-13,17H. The van der Waals surface area contributed by atoms with E-state index >= 15 is 0 Å². The quantitative estimate of drug-likeness (QED) is 0.0696. The highest BCUT2D eigenvalue weighted by Crippen LogP contribution is 2.37. The number of aliphatic imine (C=N–C) groups is 5. The number of fused-ring (bicyclic) bond motifs is 2. The van der Waals surface area contributed by atoms with Crippen molar-refractivity contribution < 1.29 is 17.6 Å². The lowest BCUT2D eigenvalue weighted by Crippen LogP contribution is -2.08. The fraction of sp³-hybridized carbons (Fsp3) is 0.0857. The highest BCUT2D eigenvalue weighted by molar-refractivity contribution is 5.88. The van der Waals surface area contributed by atoms with Gasteiger partial charge in [-0.05, 0) is 183 Å². The second-order valence-corrected chi connectivity index (χ2v) is 28.0. The molecule has 0 aliphatic rings. The second-order valence-electron chi connectivity index (χ2n) is 28.0. The second kappa shape index (κ2) is 42.5. The number of pyridine rings is 5. The van der Waals surface area contributed by atoms with Gasteiger partial charge in [-0.25, -0.2) is 0 Å². The molecule has 5 unspecified atom stereocenters. The number of aromatic nitrogens is 5. The third kappa shape index (κ3) is 24.3. The number of furan rings is 1. The molecule has 0 bridgehead atoms. The maximum Gasteiger partial charge on any atom is 0.416 e. The minimum atomic E-state index is -4.40. The molecule has 17 rings (SSSR count). The summed E-state index contributed by atoms with van der Waals surface area (Å²) in [6.07, 6.45) is 15.0. The van der Waals surface area contributed by atoms with Crippen LogP contribution in [0.2, 0.25) is 0 Å². The minimum absolute atomic E-state index is 0.0168. The first-order chi connectivity index (χ1) is 58.4. The van der Waals surface area contributed by atoms with Gasteiger partial charge in [0.05, 0.1) is 40.3 Å². The van der Waals surface area contributed by atoms with Crippen LogP contribution in [0, 0.1) is 20.8 Å². The average molecular weight is 1560 g/mol. The molecule has 14 heteroatoms. The molecule has 0 spiro atoms. The first-order valence-corrected chi connectivity index (χ1v) is 39.1. The molecule has 0 radical (unpaired) electrons. The number of alkyl halides is 3. The van der Waals surface area contributed by atoms with E-state index in [1.165, 1.54) is 72.1 Å². The van der Waals surface area contributed by atoms with E-state index in [2.05, 4.69) is 225 Å². The van der Waals surface area contributed by atoms with Gasteiger partial charge in [0.15, 0.2) is 0 Å². The molecule has 5 atom stereocenters. The van der Waals surface area contributed by atoms with Crippen molar-refractivity contribution in [3.8, 4) is 0 Å². The van der Waals surface area contributed by atoms with E-state index in [9.17, 15) is 13.2 Å². The monoisotopic (exact) mass is 1560 g/mol. The largest absolute Gasteiger partial charge is 0.467 e.